The van der Waals surface area contributed by atoms with E-state index in [1.807, 2.05) is 6.07 Å². The van der Waals surface area contributed by atoms with Crippen LogP contribution < -0.4 is 10.6 Å². The van der Waals surface area contributed by atoms with Crippen molar-refractivity contribution in [2.75, 3.05) is 19.6 Å². The van der Waals surface area contributed by atoms with Crippen LogP contribution >= 0.6 is 11.3 Å². The number of aliphatic imine (C=N–C) groups is 1. The molecule has 1 aliphatic heterocycles. The highest BCUT2D eigenvalue weighted by molar-refractivity contribution is 7.91. The maximum Gasteiger partial charge on any atom is 0.252 e. The Labute approximate surface area is 161 Å². The van der Waals surface area contributed by atoms with Gasteiger partial charge in [0.1, 0.15) is 4.21 Å². The van der Waals surface area contributed by atoms with Crippen molar-refractivity contribution < 1.29 is 8.42 Å². The molecule has 1 aliphatic carbocycles. The quantitative estimate of drug-likeness (QED) is 0.571. The second-order valence-corrected chi connectivity index (χ2v) is 10.3. The minimum atomic E-state index is -3.34. The number of nitrogens with one attached hydrogen (secondary N) is 2. The van der Waals surface area contributed by atoms with Gasteiger partial charge in [-0.3, -0.25) is 0 Å². The van der Waals surface area contributed by atoms with Crippen LogP contribution in [-0.2, 0) is 16.6 Å². The van der Waals surface area contributed by atoms with Crippen LogP contribution in [0.4, 0.5) is 0 Å². The lowest BCUT2D eigenvalue weighted by molar-refractivity contribution is 0.347. The molecular formula is C18H30N4O2S2. The number of thiophene rings is 1. The second kappa shape index (κ2) is 9.19. The Balaban J connectivity index is 1.64. The molecule has 0 spiro atoms. The van der Waals surface area contributed by atoms with Gasteiger partial charge in [0.15, 0.2) is 5.96 Å². The van der Waals surface area contributed by atoms with Crippen LogP contribution in [-0.4, -0.2) is 44.4 Å². The lowest BCUT2D eigenvalue weighted by Gasteiger charge is -2.25. The smallest absolute Gasteiger partial charge is 0.252 e. The Bertz CT molecular complexity index is 703. The molecule has 0 amide bonds. The lowest BCUT2D eigenvalue weighted by Crippen LogP contribution is -2.42. The molecule has 26 heavy (non-hydrogen) atoms. The van der Waals surface area contributed by atoms with Gasteiger partial charge in [-0.25, -0.2) is 13.4 Å². The van der Waals surface area contributed by atoms with Gasteiger partial charge in [0.05, 0.1) is 6.54 Å². The first-order chi connectivity index (χ1) is 12.6. The third-order valence-corrected chi connectivity index (χ3v) is 8.42. The van der Waals surface area contributed by atoms with E-state index in [1.165, 1.54) is 37.0 Å². The molecule has 0 unspecified atom stereocenters. The minimum absolute atomic E-state index is 0.443. The van der Waals surface area contributed by atoms with Crippen LogP contribution in [0.1, 0.15) is 56.7 Å². The first-order valence-corrected chi connectivity index (χ1v) is 12.0. The van der Waals surface area contributed by atoms with E-state index in [4.69, 9.17) is 0 Å². The predicted molar refractivity (Wildman–Crippen MR) is 107 cm³/mol. The highest BCUT2D eigenvalue weighted by atomic mass is 32.2. The Morgan fingerprint density at radius 2 is 1.92 bits per heavy atom. The molecule has 146 valence electrons. The number of rotatable bonds is 6. The monoisotopic (exact) mass is 398 g/mol. The molecule has 0 aromatic carbocycles. The number of piperidine rings is 1. The first kappa shape index (κ1) is 19.6. The van der Waals surface area contributed by atoms with Gasteiger partial charge >= 0.3 is 0 Å². The molecule has 0 atom stereocenters. The van der Waals surface area contributed by atoms with E-state index in [2.05, 4.69) is 22.5 Å². The molecule has 2 heterocycles. The van der Waals surface area contributed by atoms with Crippen molar-refractivity contribution >= 4 is 27.3 Å². The normalized spacial score (nSPS) is 20.4. The fourth-order valence-electron chi connectivity index (χ4n) is 3.55. The van der Waals surface area contributed by atoms with E-state index < -0.39 is 10.0 Å². The summed E-state index contributed by atoms with van der Waals surface area (Å²) in [6.07, 6.45) is 7.99. The van der Waals surface area contributed by atoms with E-state index >= 15 is 0 Å². The van der Waals surface area contributed by atoms with E-state index in [1.54, 1.807) is 10.4 Å². The van der Waals surface area contributed by atoms with Crippen LogP contribution in [0, 0.1) is 0 Å². The largest absolute Gasteiger partial charge is 0.357 e. The van der Waals surface area contributed by atoms with Gasteiger partial charge in [-0.15, -0.1) is 11.3 Å². The van der Waals surface area contributed by atoms with Crippen molar-refractivity contribution in [2.24, 2.45) is 4.99 Å². The van der Waals surface area contributed by atoms with Crippen LogP contribution in [0.5, 0.6) is 0 Å². The summed E-state index contributed by atoms with van der Waals surface area (Å²) in [7, 11) is -3.34. The van der Waals surface area contributed by atoms with E-state index in [0.717, 1.165) is 36.6 Å². The zero-order valence-corrected chi connectivity index (χ0v) is 17.2. The Morgan fingerprint density at radius 1 is 1.19 bits per heavy atom. The molecule has 2 fully saturated rings. The van der Waals surface area contributed by atoms with Crippen molar-refractivity contribution in [2.45, 2.75) is 68.7 Å². The molecule has 8 heteroatoms. The van der Waals surface area contributed by atoms with Crippen molar-refractivity contribution in [3.8, 4) is 0 Å². The molecule has 1 aromatic heterocycles. The van der Waals surface area contributed by atoms with Gasteiger partial charge in [0.2, 0.25) is 0 Å². The zero-order valence-electron chi connectivity index (χ0n) is 15.5. The summed E-state index contributed by atoms with van der Waals surface area (Å²) in [6.45, 7) is 4.66. The van der Waals surface area contributed by atoms with Crippen LogP contribution in [0.15, 0.2) is 21.3 Å². The molecule has 2 N–H and O–H groups in total. The molecule has 1 saturated heterocycles. The average Bonchev–Trinajstić information content (AvgIpc) is 3.33. The zero-order chi connectivity index (χ0) is 18.4. The van der Waals surface area contributed by atoms with E-state index in [0.29, 0.717) is 29.9 Å². The fourth-order valence-corrected chi connectivity index (χ4v) is 6.51. The van der Waals surface area contributed by atoms with Crippen LogP contribution in [0.2, 0.25) is 0 Å². The van der Waals surface area contributed by atoms with Gasteiger partial charge in [0.25, 0.3) is 10.0 Å². The molecule has 3 rings (SSSR count). The summed E-state index contributed by atoms with van der Waals surface area (Å²) in [6, 6.07) is 4.13. The summed E-state index contributed by atoms with van der Waals surface area (Å²) >= 11 is 1.34. The SMILES string of the molecule is CCNC(=NCc1ccc(S(=O)(=O)N2CCCCC2)s1)NC1CCCC1. The van der Waals surface area contributed by atoms with Crippen molar-refractivity contribution in [1.29, 1.82) is 0 Å². The number of nitrogens with zero attached hydrogens (tertiary/aromatic N) is 2. The number of sulfonamides is 1. The van der Waals surface area contributed by atoms with Gasteiger partial charge in [-0.2, -0.15) is 4.31 Å². The van der Waals surface area contributed by atoms with Crippen LogP contribution in [0.3, 0.4) is 0 Å². The Kier molecular flexibility index (Phi) is 6.94. The standard InChI is InChI=1S/C18H30N4O2S2/c1-2-19-18(21-15-8-4-5-9-15)20-14-16-10-11-17(25-16)26(23,24)22-12-6-3-7-13-22/h10-11,15H,2-9,12-14H2,1H3,(H2,19,20,21). The molecule has 6 nitrogen and oxygen atoms in total. The maximum absolute atomic E-state index is 12.7. The molecule has 0 radical (unpaired) electrons. The summed E-state index contributed by atoms with van der Waals surface area (Å²) in [4.78, 5) is 5.63. The fraction of sp³-hybridized carbons (Fsp3) is 0.722. The van der Waals surface area contributed by atoms with E-state index in [9.17, 15) is 8.42 Å². The first-order valence-electron chi connectivity index (χ1n) is 9.73. The summed E-state index contributed by atoms with van der Waals surface area (Å²) in [5.74, 6) is 0.827. The van der Waals surface area contributed by atoms with Gasteiger partial charge in [-0.1, -0.05) is 19.3 Å². The summed E-state index contributed by atoms with van der Waals surface area (Å²) < 4.78 is 27.6. The van der Waals surface area contributed by atoms with Crippen LogP contribution in [0.25, 0.3) is 0 Å². The lowest BCUT2D eigenvalue weighted by atomic mass is 10.2. The number of hydrogen-bond donors (Lipinski definition) is 2. The summed E-state index contributed by atoms with van der Waals surface area (Å²) in [5.41, 5.74) is 0. The Morgan fingerprint density at radius 3 is 2.62 bits per heavy atom. The topological polar surface area (TPSA) is 73.8 Å². The highest BCUT2D eigenvalue weighted by Crippen LogP contribution is 2.27. The molecule has 1 aromatic rings. The second-order valence-electron chi connectivity index (χ2n) is 7.01. The molecular weight excluding hydrogens is 368 g/mol. The highest BCUT2D eigenvalue weighted by Gasteiger charge is 2.27. The van der Waals surface area contributed by atoms with Gasteiger partial charge < -0.3 is 10.6 Å². The maximum atomic E-state index is 12.7. The summed E-state index contributed by atoms with van der Waals surface area (Å²) in [5, 5.41) is 6.78. The Hall–Kier alpha value is -1.12. The van der Waals surface area contributed by atoms with Crippen molar-refractivity contribution in [1.82, 2.24) is 14.9 Å². The average molecular weight is 399 g/mol. The number of hydrogen-bond acceptors (Lipinski definition) is 4. The predicted octanol–water partition coefficient (Wildman–Crippen LogP) is 2.92. The molecule has 2 aliphatic rings. The van der Waals surface area contributed by atoms with Gasteiger partial charge in [0, 0.05) is 30.6 Å². The van der Waals surface area contributed by atoms with Crippen molar-refractivity contribution in [3.05, 3.63) is 17.0 Å². The van der Waals surface area contributed by atoms with Gasteiger partial charge in [-0.05, 0) is 44.7 Å². The third kappa shape index (κ3) is 4.98. The van der Waals surface area contributed by atoms with Crippen molar-refractivity contribution in [3.63, 3.8) is 0 Å². The minimum Gasteiger partial charge on any atom is -0.357 e. The number of guanidine groups is 1. The molecule has 1 saturated carbocycles. The molecule has 0 bridgehead atoms. The van der Waals surface area contributed by atoms with E-state index in [-0.39, 0.29) is 0 Å². The third-order valence-electron chi connectivity index (χ3n) is 4.98.